The standard InChI is InChI=1S/C34H35ClN4O3/c1-21(23-9-5-4-6-10-23)39-28-12-8-7-11-26(28)30-32(36-20-22-13-18-29(41-2)27(35)19-22)37-31(38-33(30)39)24-14-16-25(17-15-24)34(40)42-3/h4-6,9-10,13-19,21,26,28H,7-8,11-12,20H2,1-3H3,(H,36,37,38). The highest BCUT2D eigenvalue weighted by Crippen LogP contribution is 2.52. The molecule has 0 amide bonds. The van der Waals surface area contributed by atoms with E-state index < -0.39 is 0 Å². The Bertz CT molecular complexity index is 1580. The number of benzene rings is 3. The summed E-state index contributed by atoms with van der Waals surface area (Å²) < 4.78 is 10.2. The van der Waals surface area contributed by atoms with Crippen LogP contribution < -0.4 is 15.0 Å². The van der Waals surface area contributed by atoms with Crippen LogP contribution in [0.2, 0.25) is 5.02 Å². The molecule has 2 aliphatic rings. The van der Waals surface area contributed by atoms with Crippen LogP contribution in [0.15, 0.2) is 72.8 Å². The van der Waals surface area contributed by atoms with E-state index in [2.05, 4.69) is 47.5 Å². The van der Waals surface area contributed by atoms with Crippen molar-refractivity contribution in [2.75, 3.05) is 24.4 Å². The molecule has 8 heteroatoms. The fourth-order valence-electron chi connectivity index (χ4n) is 6.44. The van der Waals surface area contributed by atoms with Crippen LogP contribution in [0.5, 0.6) is 5.75 Å². The van der Waals surface area contributed by atoms with E-state index in [9.17, 15) is 4.79 Å². The Balaban J connectivity index is 1.45. The highest BCUT2D eigenvalue weighted by molar-refractivity contribution is 6.32. The van der Waals surface area contributed by atoms with Gasteiger partial charge in [-0.05, 0) is 55.2 Å². The molecular formula is C34H35ClN4O3. The molecule has 0 bridgehead atoms. The molecule has 1 aliphatic heterocycles. The summed E-state index contributed by atoms with van der Waals surface area (Å²) >= 11 is 6.44. The minimum absolute atomic E-state index is 0.149. The molecule has 0 saturated heterocycles. The van der Waals surface area contributed by atoms with Crippen molar-refractivity contribution < 1.29 is 14.3 Å². The van der Waals surface area contributed by atoms with Crippen LogP contribution in [0.4, 0.5) is 11.6 Å². The molecule has 1 saturated carbocycles. The van der Waals surface area contributed by atoms with Crippen molar-refractivity contribution in [1.82, 2.24) is 9.97 Å². The number of nitrogens with one attached hydrogen (secondary N) is 1. The zero-order valence-electron chi connectivity index (χ0n) is 24.1. The predicted molar refractivity (Wildman–Crippen MR) is 166 cm³/mol. The summed E-state index contributed by atoms with van der Waals surface area (Å²) in [5.41, 5.74) is 4.81. The van der Waals surface area contributed by atoms with Crippen molar-refractivity contribution in [1.29, 1.82) is 0 Å². The first kappa shape index (κ1) is 28.0. The molecule has 0 spiro atoms. The first-order valence-electron chi connectivity index (χ1n) is 14.5. The number of nitrogens with zero attached hydrogens (tertiary/aromatic N) is 3. The number of ether oxygens (including phenoxy) is 2. The number of esters is 1. The maximum atomic E-state index is 12.1. The summed E-state index contributed by atoms with van der Waals surface area (Å²) in [7, 11) is 3.00. The second-order valence-electron chi connectivity index (χ2n) is 11.0. The summed E-state index contributed by atoms with van der Waals surface area (Å²) in [4.78, 5) is 24.9. The van der Waals surface area contributed by atoms with Crippen LogP contribution in [0.1, 0.15) is 71.6 Å². The molecule has 0 radical (unpaired) electrons. The molecule has 42 heavy (non-hydrogen) atoms. The van der Waals surface area contributed by atoms with Crippen LogP contribution in [-0.4, -0.2) is 36.2 Å². The Kier molecular flexibility index (Phi) is 8.02. The van der Waals surface area contributed by atoms with E-state index in [0.29, 0.717) is 40.7 Å². The van der Waals surface area contributed by atoms with Gasteiger partial charge < -0.3 is 19.7 Å². The molecule has 3 atom stereocenters. The second kappa shape index (κ2) is 12.0. The van der Waals surface area contributed by atoms with Gasteiger partial charge in [0.1, 0.15) is 17.4 Å². The summed E-state index contributed by atoms with van der Waals surface area (Å²) in [5.74, 6) is 3.07. The van der Waals surface area contributed by atoms with E-state index in [1.165, 1.54) is 31.1 Å². The molecule has 6 rings (SSSR count). The molecule has 2 heterocycles. The molecule has 7 nitrogen and oxygen atoms in total. The molecule has 1 N–H and O–H groups in total. The Morgan fingerprint density at radius 3 is 2.50 bits per heavy atom. The molecule has 1 fully saturated rings. The van der Waals surface area contributed by atoms with Crippen LogP contribution in [0, 0.1) is 0 Å². The topological polar surface area (TPSA) is 76.6 Å². The number of hydrogen-bond acceptors (Lipinski definition) is 7. The van der Waals surface area contributed by atoms with Gasteiger partial charge in [-0.2, -0.15) is 0 Å². The number of halogens is 1. The van der Waals surface area contributed by atoms with Gasteiger partial charge in [0.05, 0.1) is 30.8 Å². The minimum Gasteiger partial charge on any atom is -0.495 e. The molecule has 1 aromatic heterocycles. The summed E-state index contributed by atoms with van der Waals surface area (Å²) in [6, 6.07) is 24.3. The van der Waals surface area contributed by atoms with E-state index in [0.717, 1.165) is 35.6 Å². The lowest BCUT2D eigenvalue weighted by Gasteiger charge is -2.37. The number of hydrogen-bond donors (Lipinski definition) is 1. The zero-order valence-corrected chi connectivity index (χ0v) is 24.9. The van der Waals surface area contributed by atoms with Crippen LogP contribution in [-0.2, 0) is 11.3 Å². The number of carbonyl (C=O) groups is 1. The van der Waals surface area contributed by atoms with Gasteiger partial charge in [0.25, 0.3) is 0 Å². The Labute approximate surface area is 251 Å². The Morgan fingerprint density at radius 2 is 1.79 bits per heavy atom. The average Bonchev–Trinajstić information content (AvgIpc) is 3.37. The quantitative estimate of drug-likeness (QED) is 0.212. The number of fused-ring (bicyclic) bond motifs is 3. The molecular weight excluding hydrogens is 548 g/mol. The van der Waals surface area contributed by atoms with Gasteiger partial charge in [-0.25, -0.2) is 14.8 Å². The normalized spacial score (nSPS) is 18.1. The summed E-state index contributed by atoms with van der Waals surface area (Å²) in [5, 5.41) is 4.23. The van der Waals surface area contributed by atoms with Crippen molar-refractivity contribution in [3.63, 3.8) is 0 Å². The van der Waals surface area contributed by atoms with Crippen LogP contribution in [0.3, 0.4) is 0 Å². The summed E-state index contributed by atoms with van der Waals surface area (Å²) in [6.45, 7) is 2.83. The van der Waals surface area contributed by atoms with Gasteiger partial charge >= 0.3 is 5.97 Å². The van der Waals surface area contributed by atoms with Gasteiger partial charge in [-0.1, -0.05) is 73.0 Å². The molecule has 3 aromatic carbocycles. The predicted octanol–water partition coefficient (Wildman–Crippen LogP) is 7.81. The SMILES string of the molecule is COC(=O)c1ccc(-c2nc(NCc3ccc(OC)c(Cl)c3)c3c(n2)N(C(C)c2ccccc2)C2CCCCC32)cc1. The smallest absolute Gasteiger partial charge is 0.337 e. The number of aromatic nitrogens is 2. The van der Waals surface area contributed by atoms with Crippen molar-refractivity contribution in [2.45, 2.75) is 57.2 Å². The highest BCUT2D eigenvalue weighted by atomic mass is 35.5. The van der Waals surface area contributed by atoms with E-state index >= 15 is 0 Å². The van der Waals surface area contributed by atoms with Crippen LogP contribution in [0.25, 0.3) is 11.4 Å². The number of carbonyl (C=O) groups excluding carboxylic acids is 1. The lowest BCUT2D eigenvalue weighted by atomic mass is 9.82. The van der Waals surface area contributed by atoms with Crippen molar-refractivity contribution in [3.8, 4) is 17.1 Å². The monoisotopic (exact) mass is 582 g/mol. The van der Waals surface area contributed by atoms with Gasteiger partial charge in [-0.15, -0.1) is 0 Å². The fourth-order valence-corrected chi connectivity index (χ4v) is 6.72. The van der Waals surface area contributed by atoms with E-state index in [4.69, 9.17) is 31.0 Å². The molecule has 3 unspecified atom stereocenters. The van der Waals surface area contributed by atoms with Gasteiger partial charge in [-0.3, -0.25) is 0 Å². The maximum absolute atomic E-state index is 12.1. The zero-order chi connectivity index (χ0) is 29.2. The highest BCUT2D eigenvalue weighted by Gasteiger charge is 2.45. The Morgan fingerprint density at radius 1 is 1.02 bits per heavy atom. The average molecular weight is 583 g/mol. The van der Waals surface area contributed by atoms with Gasteiger partial charge in [0, 0.05) is 29.6 Å². The van der Waals surface area contributed by atoms with Gasteiger partial charge in [0.2, 0.25) is 0 Å². The lowest BCUT2D eigenvalue weighted by molar-refractivity contribution is 0.0600. The first-order valence-corrected chi connectivity index (χ1v) is 14.9. The largest absolute Gasteiger partial charge is 0.495 e. The lowest BCUT2D eigenvalue weighted by Crippen LogP contribution is -2.38. The van der Waals surface area contributed by atoms with Crippen molar-refractivity contribution in [2.24, 2.45) is 0 Å². The molecule has 4 aromatic rings. The molecule has 216 valence electrons. The third-order valence-corrected chi connectivity index (χ3v) is 8.86. The molecule has 1 aliphatic carbocycles. The van der Waals surface area contributed by atoms with E-state index in [1.807, 2.05) is 30.3 Å². The maximum Gasteiger partial charge on any atom is 0.337 e. The fraction of sp³-hybridized carbons (Fsp3) is 0.324. The number of methoxy groups -OCH3 is 2. The van der Waals surface area contributed by atoms with E-state index in [-0.39, 0.29) is 12.0 Å². The van der Waals surface area contributed by atoms with Crippen LogP contribution >= 0.6 is 11.6 Å². The third kappa shape index (κ3) is 5.29. The minimum atomic E-state index is -0.371. The van der Waals surface area contributed by atoms with Gasteiger partial charge in [0.15, 0.2) is 5.82 Å². The van der Waals surface area contributed by atoms with Crippen molar-refractivity contribution in [3.05, 3.63) is 100 Å². The summed E-state index contributed by atoms with van der Waals surface area (Å²) in [6.07, 6.45) is 4.62. The Hall–Kier alpha value is -4.10. The van der Waals surface area contributed by atoms with E-state index in [1.54, 1.807) is 19.2 Å². The first-order chi connectivity index (χ1) is 20.5. The second-order valence-corrected chi connectivity index (χ2v) is 11.4. The third-order valence-electron chi connectivity index (χ3n) is 8.57. The number of rotatable bonds is 8. The van der Waals surface area contributed by atoms with Crippen molar-refractivity contribution >= 4 is 29.2 Å². The number of anilines is 2.